The summed E-state index contributed by atoms with van der Waals surface area (Å²) >= 11 is 0. The summed E-state index contributed by atoms with van der Waals surface area (Å²) in [4.78, 5) is 23.1. The lowest BCUT2D eigenvalue weighted by Crippen LogP contribution is -2.29. The Morgan fingerprint density at radius 2 is 1.79 bits per heavy atom. The molecule has 0 aliphatic carbocycles. The molecule has 3 aromatic rings. The molecule has 144 valence electrons. The second kappa shape index (κ2) is 8.08. The molecule has 2 N–H and O–H groups in total. The van der Waals surface area contributed by atoms with E-state index in [1.165, 1.54) is 37.3 Å². The monoisotopic (exact) mass is 378 g/mol. The first kappa shape index (κ1) is 18.0. The van der Waals surface area contributed by atoms with Crippen LogP contribution in [-0.2, 0) is 0 Å². The zero-order valence-electron chi connectivity index (χ0n) is 15.7. The van der Waals surface area contributed by atoms with E-state index in [2.05, 4.69) is 30.7 Å². The second-order valence-corrected chi connectivity index (χ2v) is 6.79. The van der Waals surface area contributed by atoms with E-state index >= 15 is 0 Å². The van der Waals surface area contributed by atoms with Crippen molar-refractivity contribution in [1.82, 2.24) is 15.1 Å². The fraction of sp³-hybridized carbons (Fsp3) is 0.300. The fourth-order valence-electron chi connectivity index (χ4n) is 3.16. The van der Waals surface area contributed by atoms with Crippen LogP contribution in [-0.4, -0.2) is 34.1 Å². The van der Waals surface area contributed by atoms with Crippen molar-refractivity contribution < 1.29 is 9.32 Å². The van der Waals surface area contributed by atoms with E-state index in [4.69, 9.17) is 4.52 Å². The Bertz CT molecular complexity index is 930. The van der Waals surface area contributed by atoms with Crippen molar-refractivity contribution >= 4 is 29.0 Å². The summed E-state index contributed by atoms with van der Waals surface area (Å²) < 4.78 is 4.98. The van der Waals surface area contributed by atoms with Gasteiger partial charge in [0.1, 0.15) is 5.76 Å². The molecule has 3 heterocycles. The number of amides is 1. The van der Waals surface area contributed by atoms with Crippen molar-refractivity contribution in [2.45, 2.75) is 26.2 Å². The SMILES string of the molecule is Cc1cc(Nc2ncc(C(=O)Nc3ccc(N4CCCCC4)cc3)cn2)no1. The van der Waals surface area contributed by atoms with Crippen LogP contribution < -0.4 is 15.5 Å². The Balaban J connectivity index is 1.36. The number of rotatable bonds is 5. The highest BCUT2D eigenvalue weighted by molar-refractivity contribution is 6.04. The van der Waals surface area contributed by atoms with Crippen molar-refractivity contribution in [3.8, 4) is 0 Å². The highest BCUT2D eigenvalue weighted by atomic mass is 16.5. The smallest absolute Gasteiger partial charge is 0.258 e. The lowest BCUT2D eigenvalue weighted by molar-refractivity contribution is 0.102. The number of anilines is 4. The Labute approximate surface area is 163 Å². The molecule has 8 nitrogen and oxygen atoms in total. The van der Waals surface area contributed by atoms with Gasteiger partial charge in [-0.15, -0.1) is 0 Å². The van der Waals surface area contributed by atoms with Gasteiger partial charge in [0.2, 0.25) is 5.95 Å². The number of piperidine rings is 1. The molecule has 1 aromatic carbocycles. The lowest BCUT2D eigenvalue weighted by atomic mass is 10.1. The van der Waals surface area contributed by atoms with Crippen LogP contribution in [0.5, 0.6) is 0 Å². The summed E-state index contributed by atoms with van der Waals surface area (Å²) in [5, 5.41) is 9.61. The second-order valence-electron chi connectivity index (χ2n) is 6.79. The molecule has 4 rings (SSSR count). The summed E-state index contributed by atoms with van der Waals surface area (Å²) in [6.45, 7) is 3.99. The van der Waals surface area contributed by atoms with Gasteiger partial charge >= 0.3 is 0 Å². The average molecular weight is 378 g/mol. The van der Waals surface area contributed by atoms with E-state index < -0.39 is 0 Å². The van der Waals surface area contributed by atoms with Crippen molar-refractivity contribution in [2.24, 2.45) is 0 Å². The van der Waals surface area contributed by atoms with Crippen LogP contribution in [0, 0.1) is 6.92 Å². The number of carbonyl (C=O) groups excluding carboxylic acids is 1. The van der Waals surface area contributed by atoms with Gasteiger partial charge < -0.3 is 20.1 Å². The van der Waals surface area contributed by atoms with Crippen LogP contribution in [0.2, 0.25) is 0 Å². The van der Waals surface area contributed by atoms with E-state index in [1.54, 1.807) is 13.0 Å². The number of benzene rings is 1. The zero-order chi connectivity index (χ0) is 19.3. The minimum Gasteiger partial charge on any atom is -0.372 e. The number of nitrogens with one attached hydrogen (secondary N) is 2. The number of aromatic nitrogens is 3. The van der Waals surface area contributed by atoms with E-state index in [-0.39, 0.29) is 5.91 Å². The molecule has 8 heteroatoms. The third-order valence-electron chi connectivity index (χ3n) is 4.63. The lowest BCUT2D eigenvalue weighted by Gasteiger charge is -2.28. The minimum atomic E-state index is -0.255. The number of hydrogen-bond acceptors (Lipinski definition) is 7. The summed E-state index contributed by atoms with van der Waals surface area (Å²) in [7, 11) is 0. The Kier molecular flexibility index (Phi) is 5.18. The molecule has 1 aliphatic heterocycles. The van der Waals surface area contributed by atoms with Crippen LogP contribution >= 0.6 is 0 Å². The van der Waals surface area contributed by atoms with Crippen molar-refractivity contribution in [3.63, 3.8) is 0 Å². The Morgan fingerprint density at radius 1 is 1.07 bits per heavy atom. The number of carbonyl (C=O) groups is 1. The van der Waals surface area contributed by atoms with Crippen molar-refractivity contribution in [1.29, 1.82) is 0 Å². The maximum absolute atomic E-state index is 12.4. The summed E-state index contributed by atoms with van der Waals surface area (Å²) in [5.74, 6) is 1.29. The van der Waals surface area contributed by atoms with E-state index in [0.717, 1.165) is 18.8 Å². The van der Waals surface area contributed by atoms with Gasteiger partial charge in [0, 0.05) is 42.9 Å². The van der Waals surface area contributed by atoms with Gasteiger partial charge in [-0.3, -0.25) is 4.79 Å². The van der Waals surface area contributed by atoms with Gasteiger partial charge in [0.25, 0.3) is 5.91 Å². The van der Waals surface area contributed by atoms with Gasteiger partial charge in [-0.05, 0) is 50.5 Å². The maximum Gasteiger partial charge on any atom is 0.258 e. The first-order valence-corrected chi connectivity index (χ1v) is 9.36. The van der Waals surface area contributed by atoms with Gasteiger partial charge in [-0.1, -0.05) is 5.16 Å². The van der Waals surface area contributed by atoms with Crippen LogP contribution in [0.15, 0.2) is 47.2 Å². The summed E-state index contributed by atoms with van der Waals surface area (Å²) in [6, 6.07) is 9.67. The molecule has 2 aromatic heterocycles. The minimum absolute atomic E-state index is 0.255. The molecule has 0 spiro atoms. The van der Waals surface area contributed by atoms with Crippen LogP contribution in [0.3, 0.4) is 0 Å². The molecule has 0 radical (unpaired) electrons. The van der Waals surface area contributed by atoms with Crippen LogP contribution in [0.25, 0.3) is 0 Å². The highest BCUT2D eigenvalue weighted by Crippen LogP contribution is 2.22. The standard InChI is InChI=1S/C20H22N6O2/c1-14-11-18(25-28-14)24-20-21-12-15(13-22-20)19(27)23-16-5-7-17(8-6-16)26-9-3-2-4-10-26/h5-8,11-13H,2-4,9-10H2,1H3,(H,23,27)(H,21,22,24,25). The van der Waals surface area contributed by atoms with Crippen LogP contribution in [0.4, 0.5) is 23.1 Å². The number of hydrogen-bond donors (Lipinski definition) is 2. The van der Waals surface area contributed by atoms with E-state index in [9.17, 15) is 4.79 Å². The molecule has 1 saturated heterocycles. The van der Waals surface area contributed by atoms with Crippen LogP contribution in [0.1, 0.15) is 35.4 Å². The van der Waals surface area contributed by atoms with Gasteiger partial charge in [0.05, 0.1) is 5.56 Å². The quantitative estimate of drug-likeness (QED) is 0.698. The third kappa shape index (κ3) is 4.28. The molecule has 1 fully saturated rings. The predicted octanol–water partition coefficient (Wildman–Crippen LogP) is 3.76. The first-order valence-electron chi connectivity index (χ1n) is 9.36. The average Bonchev–Trinajstić information content (AvgIpc) is 3.14. The van der Waals surface area contributed by atoms with Crippen molar-refractivity contribution in [2.75, 3.05) is 28.6 Å². The summed E-state index contributed by atoms with van der Waals surface area (Å²) in [6.07, 6.45) is 6.72. The molecule has 0 atom stereocenters. The fourth-order valence-corrected chi connectivity index (χ4v) is 3.16. The zero-order valence-corrected chi connectivity index (χ0v) is 15.7. The predicted molar refractivity (Wildman–Crippen MR) is 107 cm³/mol. The molecule has 1 aliphatic rings. The summed E-state index contributed by atoms with van der Waals surface area (Å²) in [5.41, 5.74) is 2.31. The number of nitrogens with zero attached hydrogens (tertiary/aromatic N) is 4. The molecule has 28 heavy (non-hydrogen) atoms. The van der Waals surface area contributed by atoms with E-state index in [1.807, 2.05) is 24.3 Å². The van der Waals surface area contributed by atoms with Gasteiger partial charge in [0.15, 0.2) is 5.82 Å². The third-order valence-corrected chi connectivity index (χ3v) is 4.63. The molecule has 0 saturated carbocycles. The Hall–Kier alpha value is -3.42. The normalized spacial score (nSPS) is 14.0. The van der Waals surface area contributed by atoms with Gasteiger partial charge in [-0.2, -0.15) is 0 Å². The molecule has 0 bridgehead atoms. The number of aryl methyl sites for hydroxylation is 1. The highest BCUT2D eigenvalue weighted by Gasteiger charge is 2.12. The molecular weight excluding hydrogens is 356 g/mol. The first-order chi connectivity index (χ1) is 13.7. The topological polar surface area (TPSA) is 96.2 Å². The van der Waals surface area contributed by atoms with Crippen molar-refractivity contribution in [3.05, 3.63) is 54.0 Å². The molecular formula is C20H22N6O2. The Morgan fingerprint density at radius 3 is 2.43 bits per heavy atom. The molecule has 1 amide bonds. The maximum atomic E-state index is 12.4. The largest absolute Gasteiger partial charge is 0.372 e. The molecule has 0 unspecified atom stereocenters. The van der Waals surface area contributed by atoms with E-state index in [0.29, 0.717) is 23.1 Å². The van der Waals surface area contributed by atoms with Gasteiger partial charge in [-0.25, -0.2) is 9.97 Å².